The van der Waals surface area contributed by atoms with Crippen LogP contribution in [0.2, 0.25) is 0 Å². The Morgan fingerprint density at radius 1 is 1.30 bits per heavy atom. The van der Waals surface area contributed by atoms with Crippen molar-refractivity contribution in [1.82, 2.24) is 19.7 Å². The first kappa shape index (κ1) is 18.1. The number of nitrogens with zero attached hydrogens (tertiary/aromatic N) is 4. The molecule has 1 aromatic carbocycles. The summed E-state index contributed by atoms with van der Waals surface area (Å²) in [4.78, 5) is 18.4. The Hall–Kier alpha value is -2.32. The summed E-state index contributed by atoms with van der Waals surface area (Å²) in [6.45, 7) is 7.79. The van der Waals surface area contributed by atoms with E-state index >= 15 is 0 Å². The molecule has 0 unspecified atom stereocenters. The van der Waals surface area contributed by atoms with Gasteiger partial charge in [0.2, 0.25) is 5.95 Å². The van der Waals surface area contributed by atoms with Crippen molar-refractivity contribution in [2.24, 2.45) is 0 Å². The van der Waals surface area contributed by atoms with Crippen molar-refractivity contribution >= 4 is 34.4 Å². The number of thioether (sulfide) groups is 1. The first-order valence-corrected chi connectivity index (χ1v) is 10.1. The van der Waals surface area contributed by atoms with Crippen molar-refractivity contribution in [3.8, 4) is 0 Å². The molecule has 4 rings (SSSR count). The average molecular weight is 385 g/mol. The van der Waals surface area contributed by atoms with E-state index in [2.05, 4.69) is 31.6 Å². The van der Waals surface area contributed by atoms with E-state index in [1.165, 1.54) is 11.8 Å². The topological polar surface area (TPSA) is 76.0 Å². The highest BCUT2D eigenvalue weighted by Gasteiger charge is 2.25. The van der Waals surface area contributed by atoms with E-state index in [9.17, 15) is 4.79 Å². The molecule has 1 atom stereocenters. The predicted octanol–water partition coefficient (Wildman–Crippen LogP) is 2.98. The van der Waals surface area contributed by atoms with E-state index in [0.29, 0.717) is 13.2 Å². The van der Waals surface area contributed by atoms with Crippen molar-refractivity contribution in [2.75, 3.05) is 31.2 Å². The van der Waals surface area contributed by atoms with Gasteiger partial charge in [0, 0.05) is 42.3 Å². The number of fused-ring (bicyclic) bond motifs is 1. The number of anilines is 1. The highest BCUT2D eigenvalue weighted by Crippen LogP contribution is 2.29. The lowest BCUT2D eigenvalue weighted by molar-refractivity contribution is 0.0995. The van der Waals surface area contributed by atoms with Gasteiger partial charge in [0.1, 0.15) is 0 Å². The number of hydrogen-bond acceptors (Lipinski definition) is 6. The standard InChI is InChI=1S/C19H23N5O2S/c1-3-24-18(23-8-10-26-11-9-23)21-22-19(24)27-13(2)17(25)15-12-20-16-7-5-4-6-14(15)16/h4-7,12-13,20H,3,8-11H2,1-2H3/t13-/m0/s1. The number of hydrogen-bond donors (Lipinski definition) is 1. The van der Waals surface area contributed by atoms with Gasteiger partial charge < -0.3 is 14.6 Å². The second kappa shape index (κ2) is 7.74. The van der Waals surface area contributed by atoms with Crippen LogP contribution in [0.15, 0.2) is 35.6 Å². The molecule has 142 valence electrons. The zero-order valence-electron chi connectivity index (χ0n) is 15.5. The summed E-state index contributed by atoms with van der Waals surface area (Å²) in [5.74, 6) is 0.950. The third-order valence-electron chi connectivity index (χ3n) is 4.81. The number of nitrogens with one attached hydrogen (secondary N) is 1. The Balaban J connectivity index is 1.54. The number of H-pyrrole nitrogens is 1. The lowest BCUT2D eigenvalue weighted by Gasteiger charge is -2.27. The smallest absolute Gasteiger partial charge is 0.228 e. The van der Waals surface area contributed by atoms with Crippen LogP contribution in [0.4, 0.5) is 5.95 Å². The summed E-state index contributed by atoms with van der Waals surface area (Å²) < 4.78 is 7.50. The predicted molar refractivity (Wildman–Crippen MR) is 107 cm³/mol. The van der Waals surface area contributed by atoms with Gasteiger partial charge >= 0.3 is 0 Å². The number of benzene rings is 1. The van der Waals surface area contributed by atoms with Crippen LogP contribution in [0.25, 0.3) is 10.9 Å². The number of Topliss-reactive ketones (excluding diaryl/α,β-unsaturated/α-hetero) is 1. The van der Waals surface area contributed by atoms with Crippen LogP contribution in [-0.4, -0.2) is 57.1 Å². The fourth-order valence-corrected chi connectivity index (χ4v) is 4.32. The molecule has 0 bridgehead atoms. The maximum atomic E-state index is 13.0. The molecule has 1 fully saturated rings. The van der Waals surface area contributed by atoms with Crippen LogP contribution in [0.1, 0.15) is 24.2 Å². The van der Waals surface area contributed by atoms with Crippen LogP contribution in [0, 0.1) is 0 Å². The van der Waals surface area contributed by atoms with E-state index in [0.717, 1.165) is 47.2 Å². The Morgan fingerprint density at radius 2 is 2.07 bits per heavy atom. The van der Waals surface area contributed by atoms with Crippen LogP contribution in [0.5, 0.6) is 0 Å². The van der Waals surface area contributed by atoms with E-state index in [4.69, 9.17) is 4.74 Å². The summed E-state index contributed by atoms with van der Waals surface area (Å²) >= 11 is 1.46. The minimum Gasteiger partial charge on any atom is -0.378 e. The van der Waals surface area contributed by atoms with Gasteiger partial charge in [0.15, 0.2) is 10.9 Å². The van der Waals surface area contributed by atoms with Crippen LogP contribution < -0.4 is 4.90 Å². The normalized spacial score (nSPS) is 16.0. The zero-order chi connectivity index (χ0) is 18.8. The molecule has 0 radical (unpaired) electrons. The van der Waals surface area contributed by atoms with Crippen molar-refractivity contribution in [2.45, 2.75) is 30.8 Å². The molecule has 3 aromatic rings. The highest BCUT2D eigenvalue weighted by molar-refractivity contribution is 8.00. The number of rotatable bonds is 6. The minimum atomic E-state index is -0.253. The molecule has 0 spiro atoms. The second-order valence-corrected chi connectivity index (χ2v) is 7.81. The molecule has 1 N–H and O–H groups in total. The molecule has 0 amide bonds. The third kappa shape index (κ3) is 3.46. The first-order chi connectivity index (χ1) is 13.2. The summed E-state index contributed by atoms with van der Waals surface area (Å²) in [7, 11) is 0. The average Bonchev–Trinajstić information content (AvgIpc) is 3.32. The molecule has 1 aliphatic heterocycles. The van der Waals surface area contributed by atoms with Gasteiger partial charge in [-0.25, -0.2) is 0 Å². The van der Waals surface area contributed by atoms with Crippen LogP contribution >= 0.6 is 11.8 Å². The summed E-state index contributed by atoms with van der Waals surface area (Å²) in [5, 5.41) is 10.2. The van der Waals surface area contributed by atoms with E-state index in [-0.39, 0.29) is 11.0 Å². The molecule has 0 saturated carbocycles. The van der Waals surface area contributed by atoms with Crippen LogP contribution in [-0.2, 0) is 11.3 Å². The summed E-state index contributed by atoms with van der Waals surface area (Å²) in [6.07, 6.45) is 1.80. The second-order valence-electron chi connectivity index (χ2n) is 6.50. The van der Waals surface area contributed by atoms with Gasteiger partial charge in [-0.2, -0.15) is 0 Å². The lowest BCUT2D eigenvalue weighted by Crippen LogP contribution is -2.38. The number of carbonyl (C=O) groups excluding carboxylic acids is 1. The SMILES string of the molecule is CCn1c(S[C@@H](C)C(=O)c2c[nH]c3ccccc23)nnc1N1CCOCC1. The largest absolute Gasteiger partial charge is 0.378 e. The van der Waals surface area contributed by atoms with Gasteiger partial charge in [0.25, 0.3) is 0 Å². The number of ether oxygens (including phenoxy) is 1. The Kier molecular flexibility index (Phi) is 5.18. The fraction of sp³-hybridized carbons (Fsp3) is 0.421. The molecular formula is C19H23N5O2S. The first-order valence-electron chi connectivity index (χ1n) is 9.22. The molecule has 7 nitrogen and oxygen atoms in total. The van der Waals surface area contributed by atoms with Crippen LogP contribution in [0.3, 0.4) is 0 Å². The number of morpholine rings is 1. The van der Waals surface area contributed by atoms with Gasteiger partial charge in [0.05, 0.1) is 18.5 Å². The fourth-order valence-electron chi connectivity index (χ4n) is 3.35. The van der Waals surface area contributed by atoms with E-state index in [1.54, 1.807) is 6.20 Å². The summed E-state index contributed by atoms with van der Waals surface area (Å²) in [6, 6.07) is 7.86. The van der Waals surface area contributed by atoms with Crippen molar-refractivity contribution < 1.29 is 9.53 Å². The maximum absolute atomic E-state index is 13.0. The van der Waals surface area contributed by atoms with Crippen molar-refractivity contribution in [3.63, 3.8) is 0 Å². The van der Waals surface area contributed by atoms with Gasteiger partial charge in [-0.15, -0.1) is 10.2 Å². The molecular weight excluding hydrogens is 362 g/mol. The zero-order valence-corrected chi connectivity index (χ0v) is 16.3. The van der Waals surface area contributed by atoms with E-state index in [1.807, 2.05) is 31.2 Å². The van der Waals surface area contributed by atoms with Crippen molar-refractivity contribution in [1.29, 1.82) is 0 Å². The Bertz CT molecular complexity index is 945. The number of carbonyl (C=O) groups is 1. The van der Waals surface area contributed by atoms with Gasteiger partial charge in [-0.05, 0) is 19.9 Å². The molecule has 1 saturated heterocycles. The molecule has 27 heavy (non-hydrogen) atoms. The molecule has 2 aromatic heterocycles. The van der Waals surface area contributed by atoms with Gasteiger partial charge in [-0.3, -0.25) is 9.36 Å². The molecule has 1 aliphatic rings. The van der Waals surface area contributed by atoms with Crippen molar-refractivity contribution in [3.05, 3.63) is 36.0 Å². The van der Waals surface area contributed by atoms with E-state index < -0.39 is 0 Å². The number of aromatic nitrogens is 4. The molecule has 8 heteroatoms. The number of aromatic amines is 1. The lowest BCUT2D eigenvalue weighted by atomic mass is 10.1. The number of ketones is 1. The Labute approximate surface area is 162 Å². The quantitative estimate of drug-likeness (QED) is 0.519. The summed E-state index contributed by atoms with van der Waals surface area (Å²) in [5.41, 5.74) is 1.70. The maximum Gasteiger partial charge on any atom is 0.228 e. The van der Waals surface area contributed by atoms with Gasteiger partial charge in [-0.1, -0.05) is 30.0 Å². The highest BCUT2D eigenvalue weighted by atomic mass is 32.2. The Morgan fingerprint density at radius 3 is 2.85 bits per heavy atom. The number of para-hydroxylation sites is 1. The third-order valence-corrected chi connectivity index (χ3v) is 5.89. The molecule has 0 aliphatic carbocycles. The molecule has 3 heterocycles. The monoisotopic (exact) mass is 385 g/mol. The minimum absolute atomic E-state index is 0.0935.